The van der Waals surface area contributed by atoms with E-state index in [-0.39, 0.29) is 17.1 Å². The van der Waals surface area contributed by atoms with Gasteiger partial charge in [0.15, 0.2) is 0 Å². The molecule has 2 aromatic carbocycles. The third kappa shape index (κ3) is 7.57. The summed E-state index contributed by atoms with van der Waals surface area (Å²) in [5.41, 5.74) is 4.35. The molecule has 1 heterocycles. The Morgan fingerprint density at radius 2 is 1.78 bits per heavy atom. The second-order valence-corrected chi connectivity index (χ2v) is 10.8. The highest BCUT2D eigenvalue weighted by Gasteiger charge is 2.24. The fourth-order valence-corrected chi connectivity index (χ4v) is 4.47. The van der Waals surface area contributed by atoms with E-state index in [0.717, 1.165) is 35.1 Å². The van der Waals surface area contributed by atoms with Crippen molar-refractivity contribution < 1.29 is 14.6 Å². The molecule has 0 amide bonds. The summed E-state index contributed by atoms with van der Waals surface area (Å²) in [7, 11) is 0. The SMILES string of the molecule is CCCCCCCCOC(=O)CCc1cc(-c2ccc(Cl)cc2-c2cn[nH]n2)c(O)c(C(C)(C)C)c1. The highest BCUT2D eigenvalue weighted by Crippen LogP contribution is 2.43. The summed E-state index contributed by atoms with van der Waals surface area (Å²) in [5.74, 6) is 0.0224. The molecule has 0 saturated carbocycles. The molecule has 6 nitrogen and oxygen atoms in total. The van der Waals surface area contributed by atoms with Crippen LogP contribution in [0.1, 0.15) is 83.8 Å². The van der Waals surface area contributed by atoms with E-state index in [9.17, 15) is 9.90 Å². The normalized spacial score (nSPS) is 11.6. The van der Waals surface area contributed by atoms with E-state index in [0.29, 0.717) is 35.7 Å². The minimum Gasteiger partial charge on any atom is -0.507 e. The summed E-state index contributed by atoms with van der Waals surface area (Å²) in [6, 6.07) is 9.43. The zero-order valence-electron chi connectivity index (χ0n) is 21.9. The van der Waals surface area contributed by atoms with Gasteiger partial charge < -0.3 is 9.84 Å². The van der Waals surface area contributed by atoms with Crippen molar-refractivity contribution in [1.29, 1.82) is 0 Å². The molecule has 3 rings (SSSR count). The summed E-state index contributed by atoms with van der Waals surface area (Å²) < 4.78 is 5.47. The Kier molecular flexibility index (Phi) is 9.94. The van der Waals surface area contributed by atoms with Gasteiger partial charge >= 0.3 is 5.97 Å². The maximum Gasteiger partial charge on any atom is 0.306 e. The first-order valence-electron chi connectivity index (χ1n) is 12.9. The highest BCUT2D eigenvalue weighted by atomic mass is 35.5. The molecule has 0 radical (unpaired) electrons. The van der Waals surface area contributed by atoms with Crippen molar-refractivity contribution in [3.8, 4) is 28.1 Å². The number of aromatic hydroxyl groups is 1. The minimum atomic E-state index is -0.298. The van der Waals surface area contributed by atoms with Gasteiger partial charge in [0.25, 0.3) is 0 Å². The summed E-state index contributed by atoms with van der Waals surface area (Å²) >= 11 is 6.29. The maximum absolute atomic E-state index is 12.4. The molecule has 0 unspecified atom stereocenters. The third-order valence-corrected chi connectivity index (χ3v) is 6.55. The number of rotatable bonds is 12. The number of unbranched alkanes of at least 4 members (excludes halogenated alkanes) is 5. The average Bonchev–Trinajstić information content (AvgIpc) is 3.37. The van der Waals surface area contributed by atoms with Crippen LogP contribution in [0.15, 0.2) is 36.5 Å². The number of carbonyl (C=O) groups excluding carboxylic acids is 1. The topological polar surface area (TPSA) is 88.1 Å². The first kappa shape index (κ1) is 27.7. The van der Waals surface area contributed by atoms with Gasteiger partial charge in [-0.15, -0.1) is 0 Å². The van der Waals surface area contributed by atoms with Crippen molar-refractivity contribution in [2.24, 2.45) is 0 Å². The number of ether oxygens (including phenoxy) is 1. The van der Waals surface area contributed by atoms with Gasteiger partial charge in [0.2, 0.25) is 0 Å². The van der Waals surface area contributed by atoms with Crippen LogP contribution < -0.4 is 0 Å². The third-order valence-electron chi connectivity index (χ3n) is 6.32. The zero-order chi connectivity index (χ0) is 26.1. The predicted octanol–water partition coefficient (Wildman–Crippen LogP) is 7.63. The summed E-state index contributed by atoms with van der Waals surface area (Å²) in [5, 5.41) is 22.7. The smallest absolute Gasteiger partial charge is 0.306 e. The van der Waals surface area contributed by atoms with Crippen LogP contribution in [-0.4, -0.2) is 33.1 Å². The standard InChI is InChI=1S/C29H38ClN3O3/c1-5-6-7-8-9-10-15-36-27(34)14-11-20-16-24(28(35)25(17-20)29(2,3)4)22-13-12-21(30)18-23(22)26-19-31-33-32-26/h12-13,16-19,35H,5-11,14-15H2,1-4H3,(H,31,32,33). The summed E-state index contributed by atoms with van der Waals surface area (Å²) in [6.07, 6.45) is 9.38. The second kappa shape index (κ2) is 12.9. The fraction of sp³-hybridized carbons (Fsp3) is 0.483. The van der Waals surface area contributed by atoms with E-state index in [4.69, 9.17) is 16.3 Å². The number of hydrogen-bond acceptors (Lipinski definition) is 5. The largest absolute Gasteiger partial charge is 0.507 e. The Balaban J connectivity index is 1.80. The molecule has 2 N–H and O–H groups in total. The molecule has 0 aliphatic heterocycles. The van der Waals surface area contributed by atoms with Crippen LogP contribution in [0.25, 0.3) is 22.4 Å². The molecule has 0 spiro atoms. The Hall–Kier alpha value is -2.86. The molecular formula is C29H38ClN3O3. The number of halogens is 1. The zero-order valence-corrected chi connectivity index (χ0v) is 22.6. The van der Waals surface area contributed by atoms with Gasteiger partial charge in [-0.25, -0.2) is 0 Å². The van der Waals surface area contributed by atoms with Crippen LogP contribution in [0.5, 0.6) is 5.75 Å². The number of esters is 1. The summed E-state index contributed by atoms with van der Waals surface area (Å²) in [6.45, 7) is 8.86. The van der Waals surface area contributed by atoms with Crippen LogP contribution in [0.4, 0.5) is 0 Å². The lowest BCUT2D eigenvalue weighted by atomic mass is 9.82. The number of benzene rings is 2. The Morgan fingerprint density at radius 3 is 2.47 bits per heavy atom. The number of phenolic OH excluding ortho intramolecular Hbond substituents is 1. The molecule has 0 bridgehead atoms. The molecule has 0 atom stereocenters. The van der Waals surface area contributed by atoms with Crippen LogP contribution >= 0.6 is 11.6 Å². The number of nitrogens with one attached hydrogen (secondary N) is 1. The number of H-pyrrole nitrogens is 1. The number of aryl methyl sites for hydroxylation is 1. The molecular weight excluding hydrogens is 474 g/mol. The molecule has 3 aromatic rings. The maximum atomic E-state index is 12.4. The van der Waals surface area contributed by atoms with Gasteiger partial charge in [-0.3, -0.25) is 4.79 Å². The number of aromatic nitrogens is 3. The number of carbonyl (C=O) groups is 1. The first-order valence-corrected chi connectivity index (χ1v) is 13.3. The second-order valence-electron chi connectivity index (χ2n) is 10.3. The molecule has 0 fully saturated rings. The first-order chi connectivity index (χ1) is 17.2. The van der Waals surface area contributed by atoms with E-state index < -0.39 is 0 Å². The lowest BCUT2D eigenvalue weighted by Crippen LogP contribution is -2.13. The van der Waals surface area contributed by atoms with E-state index in [1.807, 2.05) is 24.3 Å². The van der Waals surface area contributed by atoms with Gasteiger partial charge in [0.1, 0.15) is 11.4 Å². The minimum absolute atomic E-state index is 0.190. The fourth-order valence-electron chi connectivity index (χ4n) is 4.30. The van der Waals surface area contributed by atoms with Crippen LogP contribution in [0, 0.1) is 0 Å². The summed E-state index contributed by atoms with van der Waals surface area (Å²) in [4.78, 5) is 12.4. The van der Waals surface area contributed by atoms with Crippen molar-refractivity contribution in [3.63, 3.8) is 0 Å². The average molecular weight is 512 g/mol. The van der Waals surface area contributed by atoms with Crippen molar-refractivity contribution in [2.75, 3.05) is 6.61 Å². The highest BCUT2D eigenvalue weighted by molar-refractivity contribution is 6.31. The monoisotopic (exact) mass is 511 g/mol. The van der Waals surface area contributed by atoms with Crippen LogP contribution in [0.2, 0.25) is 5.02 Å². The number of phenols is 1. The van der Waals surface area contributed by atoms with Crippen LogP contribution in [0.3, 0.4) is 0 Å². The van der Waals surface area contributed by atoms with Gasteiger partial charge in [0, 0.05) is 28.1 Å². The Labute approximate surface area is 219 Å². The molecule has 36 heavy (non-hydrogen) atoms. The number of aromatic amines is 1. The predicted molar refractivity (Wildman–Crippen MR) is 145 cm³/mol. The molecule has 7 heteroatoms. The Bertz CT molecular complexity index is 1140. The van der Waals surface area contributed by atoms with Crippen molar-refractivity contribution in [3.05, 3.63) is 52.7 Å². The molecule has 0 aliphatic carbocycles. The lowest BCUT2D eigenvalue weighted by Gasteiger charge is -2.24. The Morgan fingerprint density at radius 1 is 1.03 bits per heavy atom. The van der Waals surface area contributed by atoms with Gasteiger partial charge in [0.05, 0.1) is 12.8 Å². The van der Waals surface area contributed by atoms with Gasteiger partial charge in [-0.1, -0.05) is 83.5 Å². The number of hydrogen-bond donors (Lipinski definition) is 2. The van der Waals surface area contributed by atoms with Crippen molar-refractivity contribution >= 4 is 17.6 Å². The van der Waals surface area contributed by atoms with Crippen LogP contribution in [-0.2, 0) is 21.4 Å². The van der Waals surface area contributed by atoms with E-state index >= 15 is 0 Å². The van der Waals surface area contributed by atoms with E-state index in [1.54, 1.807) is 12.3 Å². The quantitative estimate of drug-likeness (QED) is 0.193. The van der Waals surface area contributed by atoms with Crippen molar-refractivity contribution in [2.45, 2.75) is 84.5 Å². The molecule has 194 valence electrons. The molecule has 0 aliphatic rings. The van der Waals surface area contributed by atoms with Gasteiger partial charge in [-0.05, 0) is 47.6 Å². The van der Waals surface area contributed by atoms with Gasteiger partial charge in [-0.2, -0.15) is 15.4 Å². The van der Waals surface area contributed by atoms with E-state index in [2.05, 4.69) is 43.1 Å². The van der Waals surface area contributed by atoms with E-state index in [1.165, 1.54) is 25.7 Å². The number of nitrogens with zero attached hydrogens (tertiary/aromatic N) is 2. The lowest BCUT2D eigenvalue weighted by molar-refractivity contribution is -0.143. The molecule has 1 aromatic heterocycles. The molecule has 0 saturated heterocycles. The van der Waals surface area contributed by atoms with Crippen molar-refractivity contribution in [1.82, 2.24) is 15.4 Å².